The van der Waals surface area contributed by atoms with E-state index in [1.165, 1.54) is 0 Å². The summed E-state index contributed by atoms with van der Waals surface area (Å²) in [5, 5.41) is 18.9. The number of fused-ring (bicyclic) bond motifs is 1. The number of tetrazole rings is 1. The van der Waals surface area contributed by atoms with Gasteiger partial charge in [0.1, 0.15) is 12.1 Å². The topological polar surface area (TPSA) is 131 Å². The van der Waals surface area contributed by atoms with Gasteiger partial charge in [-0.3, -0.25) is 19.7 Å². The lowest BCUT2D eigenvalue weighted by Crippen LogP contribution is -2.52. The summed E-state index contributed by atoms with van der Waals surface area (Å²) in [4.78, 5) is 39.6. The van der Waals surface area contributed by atoms with E-state index in [0.717, 1.165) is 48.3 Å². The minimum absolute atomic E-state index is 0.214. The molecule has 2 fully saturated rings. The molecule has 11 heteroatoms. The van der Waals surface area contributed by atoms with Gasteiger partial charge in [-0.15, -0.1) is 5.10 Å². The number of anilines is 1. The van der Waals surface area contributed by atoms with Gasteiger partial charge < -0.3 is 15.0 Å². The number of aromatic nitrogens is 4. The van der Waals surface area contributed by atoms with Crippen LogP contribution < -0.4 is 10.6 Å². The minimum Gasteiger partial charge on any atom is -0.381 e. The van der Waals surface area contributed by atoms with E-state index in [9.17, 15) is 14.4 Å². The normalized spacial score (nSPS) is 20.4. The average Bonchev–Trinajstić information content (AvgIpc) is 3.54. The van der Waals surface area contributed by atoms with Crippen LogP contribution in [-0.2, 0) is 27.4 Å². The third-order valence-corrected chi connectivity index (χ3v) is 8.19. The zero-order valence-electron chi connectivity index (χ0n) is 22.7. The minimum atomic E-state index is -0.674. The monoisotopic (exact) mass is 543 g/mol. The Morgan fingerprint density at radius 1 is 1.10 bits per heavy atom. The molecular formula is C29H33N7O4. The molecule has 0 radical (unpaired) electrons. The Morgan fingerprint density at radius 2 is 1.93 bits per heavy atom. The van der Waals surface area contributed by atoms with E-state index in [-0.39, 0.29) is 18.2 Å². The number of amides is 3. The molecule has 3 amide bonds. The molecular weight excluding hydrogens is 510 g/mol. The lowest BCUT2D eigenvalue weighted by atomic mass is 9.96. The number of hydrogen-bond acceptors (Lipinski definition) is 8. The van der Waals surface area contributed by atoms with Crippen molar-refractivity contribution in [3.8, 4) is 0 Å². The number of ether oxygens (including phenoxy) is 1. The highest BCUT2D eigenvalue weighted by Crippen LogP contribution is 2.36. The van der Waals surface area contributed by atoms with E-state index < -0.39 is 18.0 Å². The maximum absolute atomic E-state index is 13.8. The molecule has 0 spiro atoms. The van der Waals surface area contributed by atoms with Crippen LogP contribution in [0.25, 0.3) is 0 Å². The third kappa shape index (κ3) is 4.97. The van der Waals surface area contributed by atoms with Crippen LogP contribution in [0.5, 0.6) is 0 Å². The van der Waals surface area contributed by atoms with Gasteiger partial charge >= 0.3 is 0 Å². The van der Waals surface area contributed by atoms with Crippen molar-refractivity contribution < 1.29 is 19.1 Å². The van der Waals surface area contributed by atoms with Crippen LogP contribution in [0.3, 0.4) is 0 Å². The number of aryl methyl sites for hydroxylation is 2. The van der Waals surface area contributed by atoms with Crippen LogP contribution >= 0.6 is 0 Å². The van der Waals surface area contributed by atoms with Crippen LogP contribution in [0.4, 0.5) is 5.69 Å². The molecule has 3 aliphatic rings. The summed E-state index contributed by atoms with van der Waals surface area (Å²) < 4.78 is 7.41. The number of carbonyl (C=O) groups is 3. The second-order valence-corrected chi connectivity index (χ2v) is 11.0. The van der Waals surface area contributed by atoms with Gasteiger partial charge in [-0.2, -0.15) is 0 Å². The van der Waals surface area contributed by atoms with Crippen molar-refractivity contribution in [2.45, 2.75) is 64.7 Å². The number of nitrogens with one attached hydrogen (secondary N) is 2. The molecule has 0 bridgehead atoms. The maximum Gasteiger partial charge on any atom is 0.257 e. The Morgan fingerprint density at radius 3 is 2.73 bits per heavy atom. The lowest BCUT2D eigenvalue weighted by molar-refractivity contribution is -0.136. The highest BCUT2D eigenvalue weighted by atomic mass is 16.5. The molecule has 2 aromatic carbocycles. The molecule has 0 saturated carbocycles. The largest absolute Gasteiger partial charge is 0.381 e. The molecule has 2 unspecified atom stereocenters. The smallest absolute Gasteiger partial charge is 0.257 e. The highest BCUT2D eigenvalue weighted by Gasteiger charge is 2.40. The van der Waals surface area contributed by atoms with Crippen molar-refractivity contribution in [1.82, 2.24) is 30.4 Å². The Hall–Kier alpha value is -4.12. The molecule has 2 N–H and O–H groups in total. The number of carbonyl (C=O) groups excluding carboxylic acids is 3. The maximum atomic E-state index is 13.8. The number of nitrogens with zero attached hydrogens (tertiary/aromatic N) is 5. The fraction of sp³-hybridized carbons (Fsp3) is 0.448. The van der Waals surface area contributed by atoms with Crippen molar-refractivity contribution >= 4 is 23.4 Å². The number of hydrogen-bond donors (Lipinski definition) is 2. The van der Waals surface area contributed by atoms with Crippen molar-refractivity contribution in [1.29, 1.82) is 0 Å². The molecule has 6 rings (SSSR count). The van der Waals surface area contributed by atoms with E-state index in [0.29, 0.717) is 42.5 Å². The van der Waals surface area contributed by atoms with E-state index in [1.54, 1.807) is 4.90 Å². The van der Waals surface area contributed by atoms with E-state index in [2.05, 4.69) is 51.3 Å². The fourth-order valence-electron chi connectivity index (χ4n) is 5.96. The molecule has 4 heterocycles. The summed E-state index contributed by atoms with van der Waals surface area (Å²) in [6.07, 6.45) is 2.45. The summed E-state index contributed by atoms with van der Waals surface area (Å²) in [6.45, 7) is 6.58. The molecule has 11 nitrogen and oxygen atoms in total. The summed E-state index contributed by atoms with van der Waals surface area (Å²) in [7, 11) is 0. The van der Waals surface area contributed by atoms with Crippen molar-refractivity contribution in [3.63, 3.8) is 0 Å². The van der Waals surface area contributed by atoms with Gasteiger partial charge in [0.2, 0.25) is 11.8 Å². The highest BCUT2D eigenvalue weighted by molar-refractivity contribution is 6.07. The number of benzene rings is 2. The van der Waals surface area contributed by atoms with Gasteiger partial charge in [-0.05, 0) is 72.2 Å². The van der Waals surface area contributed by atoms with E-state index >= 15 is 0 Å². The Bertz CT molecular complexity index is 1460. The SMILES string of the molecule is Cc1ccc(C)c(C(Nc2cccc3c2C(=O)N(C2CCC(=O)NC2=O)C3)c2nnnn2CC2CCOCC2)c1. The molecule has 0 aliphatic carbocycles. The number of imide groups is 1. The summed E-state index contributed by atoms with van der Waals surface area (Å²) in [6, 6.07) is 10.9. The second-order valence-electron chi connectivity index (χ2n) is 11.0. The van der Waals surface area contributed by atoms with Crippen LogP contribution in [0.15, 0.2) is 36.4 Å². The molecule has 40 heavy (non-hydrogen) atoms. The Labute approximate surface area is 232 Å². The molecule has 2 saturated heterocycles. The first-order valence-electron chi connectivity index (χ1n) is 13.8. The first-order chi connectivity index (χ1) is 19.4. The van der Waals surface area contributed by atoms with Crippen molar-refractivity contribution in [3.05, 3.63) is 70.0 Å². The van der Waals surface area contributed by atoms with Gasteiger partial charge in [-0.25, -0.2) is 4.68 Å². The Balaban J connectivity index is 1.35. The standard InChI is InChI=1S/C29H33N7O4/c1-17-6-7-18(2)21(14-17)26(27-32-33-34-36(27)15-19-10-12-40-13-11-19)30-22-5-3-4-20-16-35(29(39)25(20)22)23-8-9-24(37)31-28(23)38/h3-7,14,19,23,26,30H,8-13,15-16H2,1-2H3,(H,31,37,38). The number of rotatable bonds is 7. The van der Waals surface area contributed by atoms with Crippen molar-refractivity contribution in [2.75, 3.05) is 18.5 Å². The molecule has 1 aromatic heterocycles. The summed E-state index contributed by atoms with van der Waals surface area (Å²) in [5.74, 6) is 0.134. The molecule has 3 aliphatic heterocycles. The molecule has 2 atom stereocenters. The zero-order chi connectivity index (χ0) is 27.8. The first-order valence-corrected chi connectivity index (χ1v) is 13.8. The third-order valence-electron chi connectivity index (χ3n) is 8.19. The van der Waals surface area contributed by atoms with Crippen LogP contribution in [0.1, 0.15) is 70.2 Å². The quantitative estimate of drug-likeness (QED) is 0.435. The summed E-state index contributed by atoms with van der Waals surface area (Å²) in [5.41, 5.74) is 5.23. The van der Waals surface area contributed by atoms with E-state index in [1.807, 2.05) is 29.8 Å². The predicted octanol–water partition coefficient (Wildman–Crippen LogP) is 2.68. The first kappa shape index (κ1) is 26.1. The van der Waals surface area contributed by atoms with E-state index in [4.69, 9.17) is 4.74 Å². The summed E-state index contributed by atoms with van der Waals surface area (Å²) >= 11 is 0. The second kappa shape index (κ2) is 10.8. The van der Waals surface area contributed by atoms with Crippen LogP contribution in [0.2, 0.25) is 0 Å². The molecule has 208 valence electrons. The van der Waals surface area contributed by atoms with Gasteiger partial charge in [0, 0.05) is 38.4 Å². The van der Waals surface area contributed by atoms with Crippen molar-refractivity contribution in [2.24, 2.45) is 5.92 Å². The molecule has 3 aromatic rings. The van der Waals surface area contributed by atoms with Gasteiger partial charge in [0.15, 0.2) is 5.82 Å². The van der Waals surface area contributed by atoms with Gasteiger partial charge in [-0.1, -0.05) is 35.9 Å². The van der Waals surface area contributed by atoms with Gasteiger partial charge in [0.25, 0.3) is 5.91 Å². The fourth-order valence-corrected chi connectivity index (χ4v) is 5.96. The Kier molecular flexibility index (Phi) is 7.05. The number of piperidine rings is 1. The van der Waals surface area contributed by atoms with Crippen LogP contribution in [0, 0.1) is 19.8 Å². The predicted molar refractivity (Wildman–Crippen MR) is 145 cm³/mol. The lowest BCUT2D eigenvalue weighted by Gasteiger charge is -2.29. The van der Waals surface area contributed by atoms with Gasteiger partial charge in [0.05, 0.1) is 5.56 Å². The zero-order valence-corrected chi connectivity index (χ0v) is 22.7. The average molecular weight is 544 g/mol. The van der Waals surface area contributed by atoms with Crippen LogP contribution in [-0.4, -0.2) is 62.1 Å².